The summed E-state index contributed by atoms with van der Waals surface area (Å²) in [5.41, 5.74) is 6.06. The number of halogens is 2. The lowest BCUT2D eigenvalue weighted by atomic mass is 10.1. The van der Waals surface area contributed by atoms with Crippen molar-refractivity contribution in [2.75, 3.05) is 13.2 Å². The molecule has 2 heterocycles. The maximum absolute atomic E-state index is 10.4. The van der Waals surface area contributed by atoms with E-state index >= 15 is 0 Å². The van der Waals surface area contributed by atoms with Gasteiger partial charge >= 0.3 is 0 Å². The first-order valence-electron chi connectivity index (χ1n) is 8.81. The Balaban J connectivity index is 1.67. The van der Waals surface area contributed by atoms with E-state index in [4.69, 9.17) is 19.9 Å². The predicted molar refractivity (Wildman–Crippen MR) is 115 cm³/mol. The summed E-state index contributed by atoms with van der Waals surface area (Å²) in [7, 11) is 0. The Morgan fingerprint density at radius 1 is 1.36 bits per heavy atom. The van der Waals surface area contributed by atoms with Crippen LogP contribution in [0.3, 0.4) is 0 Å². The Morgan fingerprint density at radius 2 is 2.11 bits per heavy atom. The highest BCUT2D eigenvalue weighted by Crippen LogP contribution is 2.35. The maximum Gasteiger partial charge on any atom is 0.184 e. The molecule has 28 heavy (non-hydrogen) atoms. The molecule has 3 N–H and O–H groups in total. The van der Waals surface area contributed by atoms with Gasteiger partial charge in [0.15, 0.2) is 6.29 Å². The van der Waals surface area contributed by atoms with E-state index in [1.807, 2.05) is 43.3 Å². The zero-order chi connectivity index (χ0) is 20.1. The quantitative estimate of drug-likeness (QED) is 0.317. The van der Waals surface area contributed by atoms with Gasteiger partial charge in [-0.3, -0.25) is 0 Å². The summed E-state index contributed by atoms with van der Waals surface area (Å²) in [6.45, 7) is 2.37. The van der Waals surface area contributed by atoms with E-state index in [-0.39, 0.29) is 18.8 Å². The van der Waals surface area contributed by atoms with Crippen molar-refractivity contribution in [3.8, 4) is 0 Å². The van der Waals surface area contributed by atoms with E-state index in [0.717, 1.165) is 14.9 Å². The number of aromatic nitrogens is 1. The molecule has 1 aromatic heterocycles. The number of hydrogen-bond acceptors (Lipinski definition) is 7. The zero-order valence-electron chi connectivity index (χ0n) is 15.2. The molecule has 1 fully saturated rings. The fraction of sp³-hybridized carbons (Fsp3) is 0.421. The smallest absolute Gasteiger partial charge is 0.184 e. The summed E-state index contributed by atoms with van der Waals surface area (Å²) in [6.07, 6.45) is -0.133. The van der Waals surface area contributed by atoms with E-state index in [0.29, 0.717) is 11.2 Å². The molecular weight excluding hydrogens is 512 g/mol. The average Bonchev–Trinajstić information content (AvgIpc) is 2.71. The minimum absolute atomic E-state index is 0.0756. The Bertz CT molecular complexity index is 771. The summed E-state index contributed by atoms with van der Waals surface area (Å²) in [5, 5.41) is 10.4. The second-order valence-corrected chi connectivity index (χ2v) is 9.13. The predicted octanol–water partition coefficient (Wildman–Crippen LogP) is 3.86. The standard InChI is InChI=1S/C19H22Br2N2O4S/c1-11-15(10-25-18(26-11)12-5-3-2-4-6-12)27-19(14(24)8-22)28-16-7-13(20)9-23-17(16)21/h2-7,9,11,14-15,18-19,24H,8,10,22H2,1H3/t11-,14+,15?,18?,19?/m1/s1. The lowest BCUT2D eigenvalue weighted by molar-refractivity contribution is -0.266. The molecule has 1 aliphatic heterocycles. The van der Waals surface area contributed by atoms with Gasteiger partial charge in [-0.05, 0) is 44.8 Å². The molecule has 0 aliphatic carbocycles. The largest absolute Gasteiger partial charge is 0.388 e. The van der Waals surface area contributed by atoms with Gasteiger partial charge in [0.25, 0.3) is 0 Å². The van der Waals surface area contributed by atoms with Crippen molar-refractivity contribution in [2.24, 2.45) is 5.73 Å². The normalized spacial score (nSPS) is 24.7. The first-order valence-corrected chi connectivity index (χ1v) is 11.3. The number of nitrogens with two attached hydrogens (primary N) is 1. The number of ether oxygens (including phenoxy) is 3. The Labute approximate surface area is 185 Å². The lowest BCUT2D eigenvalue weighted by Crippen LogP contribution is -2.45. The first kappa shape index (κ1) is 22.2. The molecule has 1 aliphatic rings. The van der Waals surface area contributed by atoms with Gasteiger partial charge in [0.1, 0.15) is 22.2 Å². The Morgan fingerprint density at radius 3 is 2.79 bits per heavy atom. The summed E-state index contributed by atoms with van der Waals surface area (Å²) in [4.78, 5) is 5.09. The van der Waals surface area contributed by atoms with Gasteiger partial charge in [-0.2, -0.15) is 0 Å². The van der Waals surface area contributed by atoms with Gasteiger partial charge in [-0.15, -0.1) is 0 Å². The fourth-order valence-electron chi connectivity index (χ4n) is 2.67. The monoisotopic (exact) mass is 532 g/mol. The molecule has 9 heteroatoms. The van der Waals surface area contributed by atoms with Crippen LogP contribution in [0.15, 0.2) is 56.6 Å². The minimum atomic E-state index is -0.852. The number of nitrogens with zero attached hydrogens (tertiary/aromatic N) is 1. The third-order valence-corrected chi connectivity index (χ3v) is 6.78. The van der Waals surface area contributed by atoms with Crippen LogP contribution < -0.4 is 5.73 Å². The van der Waals surface area contributed by atoms with Crippen molar-refractivity contribution in [1.82, 2.24) is 4.98 Å². The fourth-order valence-corrected chi connectivity index (χ4v) is 4.71. The van der Waals surface area contributed by atoms with Crippen LogP contribution in [0.5, 0.6) is 0 Å². The van der Waals surface area contributed by atoms with E-state index in [1.54, 1.807) is 6.20 Å². The molecular formula is C19H22Br2N2O4S. The van der Waals surface area contributed by atoms with E-state index in [9.17, 15) is 5.11 Å². The number of thioether (sulfide) groups is 1. The number of aliphatic hydroxyl groups excluding tert-OH is 1. The number of hydrogen-bond donors (Lipinski definition) is 2. The van der Waals surface area contributed by atoms with Crippen molar-refractivity contribution in [3.05, 3.63) is 57.2 Å². The Kier molecular flexibility index (Phi) is 8.31. The molecule has 5 atom stereocenters. The van der Waals surface area contributed by atoms with Crippen LogP contribution in [-0.4, -0.2) is 47.0 Å². The molecule has 0 bridgehead atoms. The van der Waals surface area contributed by atoms with E-state index in [2.05, 4.69) is 36.8 Å². The number of benzene rings is 1. The third-order valence-electron chi connectivity index (χ3n) is 4.23. The van der Waals surface area contributed by atoms with Crippen LogP contribution in [0, 0.1) is 0 Å². The summed E-state index contributed by atoms with van der Waals surface area (Å²) in [6, 6.07) is 11.7. The van der Waals surface area contributed by atoms with Crippen molar-refractivity contribution in [1.29, 1.82) is 0 Å². The van der Waals surface area contributed by atoms with Crippen LogP contribution in [-0.2, 0) is 14.2 Å². The average molecular weight is 534 g/mol. The summed E-state index contributed by atoms with van der Waals surface area (Å²) in [5.74, 6) is 0. The lowest BCUT2D eigenvalue weighted by Gasteiger charge is -2.37. The molecule has 2 aromatic rings. The van der Waals surface area contributed by atoms with Crippen LogP contribution >= 0.6 is 43.6 Å². The van der Waals surface area contributed by atoms with Gasteiger partial charge in [0, 0.05) is 27.7 Å². The molecule has 0 spiro atoms. The molecule has 3 unspecified atom stereocenters. The molecule has 0 saturated carbocycles. The van der Waals surface area contributed by atoms with Crippen LogP contribution in [0.4, 0.5) is 0 Å². The van der Waals surface area contributed by atoms with Crippen LogP contribution in [0.25, 0.3) is 0 Å². The Hall–Kier alpha value is -0.520. The molecule has 3 rings (SSSR count). The van der Waals surface area contributed by atoms with Crippen molar-refractivity contribution in [2.45, 2.75) is 41.9 Å². The summed E-state index contributed by atoms with van der Waals surface area (Å²) < 4.78 is 19.5. The van der Waals surface area contributed by atoms with Crippen molar-refractivity contribution >= 4 is 43.6 Å². The molecule has 1 aromatic carbocycles. The topological polar surface area (TPSA) is 86.8 Å². The van der Waals surface area contributed by atoms with Crippen LogP contribution in [0.2, 0.25) is 0 Å². The van der Waals surface area contributed by atoms with Gasteiger partial charge in [-0.25, -0.2) is 4.98 Å². The minimum Gasteiger partial charge on any atom is -0.388 e. The molecule has 0 radical (unpaired) electrons. The van der Waals surface area contributed by atoms with Crippen molar-refractivity contribution in [3.63, 3.8) is 0 Å². The number of pyridine rings is 1. The van der Waals surface area contributed by atoms with Gasteiger partial charge in [0.2, 0.25) is 0 Å². The highest BCUT2D eigenvalue weighted by molar-refractivity contribution is 9.11. The van der Waals surface area contributed by atoms with Crippen LogP contribution in [0.1, 0.15) is 18.8 Å². The molecule has 152 valence electrons. The summed E-state index contributed by atoms with van der Waals surface area (Å²) >= 11 is 8.20. The highest BCUT2D eigenvalue weighted by atomic mass is 79.9. The van der Waals surface area contributed by atoms with E-state index in [1.165, 1.54) is 11.8 Å². The first-order chi connectivity index (χ1) is 13.5. The second-order valence-electron chi connectivity index (χ2n) is 6.32. The third kappa shape index (κ3) is 5.76. The van der Waals surface area contributed by atoms with Gasteiger partial charge < -0.3 is 25.1 Å². The van der Waals surface area contributed by atoms with Crippen molar-refractivity contribution < 1.29 is 19.3 Å². The van der Waals surface area contributed by atoms with Gasteiger partial charge in [0.05, 0.1) is 12.7 Å². The SMILES string of the molecule is C[C@H]1OC(c2ccccc2)OCC1OC(Sc1cc(Br)cnc1Br)[C@@H](O)CN. The molecule has 0 amide bonds. The highest BCUT2D eigenvalue weighted by Gasteiger charge is 2.34. The second kappa shape index (κ2) is 10.5. The number of rotatable bonds is 7. The maximum atomic E-state index is 10.4. The molecule has 6 nitrogen and oxygen atoms in total. The zero-order valence-corrected chi connectivity index (χ0v) is 19.2. The van der Waals surface area contributed by atoms with E-state index < -0.39 is 17.8 Å². The number of aliphatic hydroxyl groups is 1. The van der Waals surface area contributed by atoms with Gasteiger partial charge in [-0.1, -0.05) is 42.1 Å². The molecule has 1 saturated heterocycles.